The van der Waals surface area contributed by atoms with Crippen molar-refractivity contribution in [2.24, 2.45) is 11.8 Å². The molecule has 3 N–H and O–H groups in total. The van der Waals surface area contributed by atoms with Gasteiger partial charge in [0.1, 0.15) is 0 Å². The third-order valence-corrected chi connectivity index (χ3v) is 4.35. The topological polar surface area (TPSA) is 38.0 Å². The molecule has 2 aliphatic rings. The third-order valence-electron chi connectivity index (χ3n) is 4.35. The van der Waals surface area contributed by atoms with Crippen LogP contribution in [0.4, 0.5) is 5.69 Å². The molecule has 0 amide bonds. The first kappa shape index (κ1) is 10.2. The normalized spacial score (nSPS) is 32.1. The van der Waals surface area contributed by atoms with Gasteiger partial charge in [0.05, 0.1) is 0 Å². The standard InChI is InChI=1S/C14H20N2/c15-13-4-2-1-3-12(13)9-16-14-8-10-5-6-11(14)7-10/h1-4,10-11,14,16H,5-9,15H2. The number of fused-ring (bicyclic) bond motifs is 2. The van der Waals surface area contributed by atoms with E-state index in [9.17, 15) is 0 Å². The Morgan fingerprint density at radius 3 is 2.75 bits per heavy atom. The number of hydrogen-bond acceptors (Lipinski definition) is 2. The molecule has 0 aliphatic heterocycles. The summed E-state index contributed by atoms with van der Waals surface area (Å²) in [6, 6.07) is 8.91. The number of rotatable bonds is 3. The van der Waals surface area contributed by atoms with Gasteiger partial charge in [-0.3, -0.25) is 0 Å². The maximum absolute atomic E-state index is 5.94. The first-order valence-corrected chi connectivity index (χ1v) is 6.39. The van der Waals surface area contributed by atoms with E-state index in [0.717, 1.165) is 30.1 Å². The Balaban J connectivity index is 1.59. The van der Waals surface area contributed by atoms with Gasteiger partial charge in [0, 0.05) is 18.3 Å². The van der Waals surface area contributed by atoms with E-state index < -0.39 is 0 Å². The molecule has 1 aromatic rings. The van der Waals surface area contributed by atoms with Crippen molar-refractivity contribution >= 4 is 5.69 Å². The lowest BCUT2D eigenvalue weighted by molar-refractivity contribution is 0.351. The number of nitrogens with two attached hydrogens (primary N) is 1. The molecule has 2 nitrogen and oxygen atoms in total. The number of nitrogen functional groups attached to an aromatic ring is 1. The predicted octanol–water partition coefficient (Wildman–Crippen LogP) is 2.55. The third kappa shape index (κ3) is 1.82. The second kappa shape index (κ2) is 4.10. The summed E-state index contributed by atoms with van der Waals surface area (Å²) >= 11 is 0. The van der Waals surface area contributed by atoms with Gasteiger partial charge in [-0.1, -0.05) is 24.6 Å². The van der Waals surface area contributed by atoms with Crippen LogP contribution in [-0.2, 0) is 6.54 Å². The number of nitrogens with one attached hydrogen (secondary N) is 1. The van der Waals surface area contributed by atoms with Crippen LogP contribution in [-0.4, -0.2) is 6.04 Å². The van der Waals surface area contributed by atoms with Gasteiger partial charge in [0.2, 0.25) is 0 Å². The highest BCUT2D eigenvalue weighted by Gasteiger charge is 2.38. The molecule has 2 aliphatic carbocycles. The highest BCUT2D eigenvalue weighted by molar-refractivity contribution is 5.46. The molecule has 2 fully saturated rings. The van der Waals surface area contributed by atoms with Crippen molar-refractivity contribution in [2.75, 3.05) is 5.73 Å². The quantitative estimate of drug-likeness (QED) is 0.762. The van der Waals surface area contributed by atoms with Crippen LogP contribution in [0.25, 0.3) is 0 Å². The second-order valence-electron chi connectivity index (χ2n) is 5.36. The van der Waals surface area contributed by atoms with Crippen LogP contribution in [0.1, 0.15) is 31.2 Å². The second-order valence-corrected chi connectivity index (χ2v) is 5.36. The molecule has 1 aromatic carbocycles. The first-order valence-electron chi connectivity index (χ1n) is 6.39. The summed E-state index contributed by atoms with van der Waals surface area (Å²) in [5, 5.41) is 3.69. The molecular formula is C14H20N2. The van der Waals surface area contributed by atoms with Gasteiger partial charge in [-0.15, -0.1) is 0 Å². The van der Waals surface area contributed by atoms with Crippen LogP contribution < -0.4 is 11.1 Å². The molecule has 0 saturated heterocycles. The van der Waals surface area contributed by atoms with Gasteiger partial charge in [-0.2, -0.15) is 0 Å². The summed E-state index contributed by atoms with van der Waals surface area (Å²) in [5.74, 6) is 1.95. The molecular weight excluding hydrogens is 196 g/mol. The maximum Gasteiger partial charge on any atom is 0.0359 e. The molecule has 2 heteroatoms. The average Bonchev–Trinajstić information content (AvgIpc) is 2.90. The SMILES string of the molecule is Nc1ccccc1CNC1CC2CCC1C2. The Labute approximate surface area is 97.2 Å². The zero-order valence-electron chi connectivity index (χ0n) is 9.65. The highest BCUT2D eigenvalue weighted by Crippen LogP contribution is 2.44. The summed E-state index contributed by atoms with van der Waals surface area (Å²) < 4.78 is 0. The van der Waals surface area contributed by atoms with Crippen LogP contribution in [0.15, 0.2) is 24.3 Å². The van der Waals surface area contributed by atoms with Crippen LogP contribution in [0, 0.1) is 11.8 Å². The highest BCUT2D eigenvalue weighted by atomic mass is 14.9. The Hall–Kier alpha value is -1.02. The van der Waals surface area contributed by atoms with Gasteiger partial charge >= 0.3 is 0 Å². The summed E-state index contributed by atoms with van der Waals surface area (Å²) in [4.78, 5) is 0. The van der Waals surface area contributed by atoms with E-state index in [1.54, 1.807) is 0 Å². The van der Waals surface area contributed by atoms with Crippen molar-refractivity contribution in [3.63, 3.8) is 0 Å². The fourth-order valence-electron chi connectivity index (χ4n) is 3.43. The largest absolute Gasteiger partial charge is 0.398 e. The van der Waals surface area contributed by atoms with Crippen molar-refractivity contribution in [2.45, 2.75) is 38.3 Å². The lowest BCUT2D eigenvalue weighted by Gasteiger charge is -2.23. The molecule has 3 unspecified atom stereocenters. The lowest BCUT2D eigenvalue weighted by Crippen LogP contribution is -2.33. The van der Waals surface area contributed by atoms with Crippen molar-refractivity contribution in [1.29, 1.82) is 0 Å². The Bertz CT molecular complexity index is 375. The first-order chi connectivity index (χ1) is 7.83. The summed E-state index contributed by atoms with van der Waals surface area (Å²) in [5.41, 5.74) is 8.10. The number of anilines is 1. The van der Waals surface area contributed by atoms with Gasteiger partial charge in [-0.05, 0) is 42.7 Å². The smallest absolute Gasteiger partial charge is 0.0359 e. The Morgan fingerprint density at radius 1 is 1.19 bits per heavy atom. The summed E-state index contributed by atoms with van der Waals surface area (Å²) in [6.45, 7) is 0.931. The Kier molecular flexibility index (Phi) is 2.60. The van der Waals surface area contributed by atoms with Crippen molar-refractivity contribution in [1.82, 2.24) is 5.32 Å². The monoisotopic (exact) mass is 216 g/mol. The van der Waals surface area contributed by atoms with E-state index in [1.807, 2.05) is 12.1 Å². The van der Waals surface area contributed by atoms with Gasteiger partial charge in [0.25, 0.3) is 0 Å². The van der Waals surface area contributed by atoms with Crippen LogP contribution in [0.2, 0.25) is 0 Å². The minimum atomic E-state index is 0.748. The zero-order valence-corrected chi connectivity index (χ0v) is 9.65. The molecule has 0 radical (unpaired) electrons. The molecule has 2 bridgehead atoms. The molecule has 0 aromatic heterocycles. The van der Waals surface area contributed by atoms with E-state index in [0.29, 0.717) is 0 Å². The van der Waals surface area contributed by atoms with Gasteiger partial charge in [-0.25, -0.2) is 0 Å². The fraction of sp³-hybridized carbons (Fsp3) is 0.571. The fourth-order valence-corrected chi connectivity index (χ4v) is 3.43. The molecule has 2 saturated carbocycles. The van der Waals surface area contributed by atoms with E-state index in [1.165, 1.54) is 31.2 Å². The number of hydrogen-bond donors (Lipinski definition) is 2. The van der Waals surface area contributed by atoms with Crippen LogP contribution in [0.3, 0.4) is 0 Å². The number of benzene rings is 1. The molecule has 0 heterocycles. The predicted molar refractivity (Wildman–Crippen MR) is 66.9 cm³/mol. The zero-order chi connectivity index (χ0) is 11.0. The maximum atomic E-state index is 5.94. The van der Waals surface area contributed by atoms with Crippen molar-refractivity contribution in [3.8, 4) is 0 Å². The lowest BCUT2D eigenvalue weighted by atomic mass is 9.95. The van der Waals surface area contributed by atoms with E-state index >= 15 is 0 Å². The van der Waals surface area contributed by atoms with E-state index in [4.69, 9.17) is 5.73 Å². The summed E-state index contributed by atoms with van der Waals surface area (Å²) in [7, 11) is 0. The van der Waals surface area contributed by atoms with E-state index in [-0.39, 0.29) is 0 Å². The van der Waals surface area contributed by atoms with Crippen molar-refractivity contribution in [3.05, 3.63) is 29.8 Å². The van der Waals surface area contributed by atoms with Crippen LogP contribution >= 0.6 is 0 Å². The van der Waals surface area contributed by atoms with Gasteiger partial charge < -0.3 is 11.1 Å². The minimum Gasteiger partial charge on any atom is -0.398 e. The Morgan fingerprint density at radius 2 is 2.06 bits per heavy atom. The molecule has 3 rings (SSSR count). The average molecular weight is 216 g/mol. The van der Waals surface area contributed by atoms with Crippen molar-refractivity contribution < 1.29 is 0 Å². The van der Waals surface area contributed by atoms with Crippen LogP contribution in [0.5, 0.6) is 0 Å². The van der Waals surface area contributed by atoms with Gasteiger partial charge in [0.15, 0.2) is 0 Å². The summed E-state index contributed by atoms with van der Waals surface area (Å²) in [6.07, 6.45) is 5.75. The number of para-hydroxylation sites is 1. The molecule has 16 heavy (non-hydrogen) atoms. The molecule has 3 atom stereocenters. The minimum absolute atomic E-state index is 0.748. The molecule has 0 spiro atoms. The molecule has 86 valence electrons. The van der Waals surface area contributed by atoms with E-state index in [2.05, 4.69) is 17.4 Å².